The zero-order valence-corrected chi connectivity index (χ0v) is 18.3. The van der Waals surface area contributed by atoms with Crippen molar-refractivity contribution in [2.45, 2.75) is 37.6 Å². The van der Waals surface area contributed by atoms with Crippen LogP contribution in [0.15, 0.2) is 48.5 Å². The molecule has 0 spiro atoms. The van der Waals surface area contributed by atoms with E-state index in [-0.39, 0.29) is 42.2 Å². The predicted octanol–water partition coefficient (Wildman–Crippen LogP) is 3.53. The first-order chi connectivity index (χ1) is 16.0. The minimum atomic E-state index is -0.789. The van der Waals surface area contributed by atoms with Crippen LogP contribution in [0, 0.1) is 17.8 Å². The monoisotopic (exact) mass is 448 g/mol. The number of amides is 2. The van der Waals surface area contributed by atoms with Crippen molar-refractivity contribution in [3.63, 3.8) is 0 Å². The molecular weight excluding hydrogens is 420 g/mol. The number of carboxylic acids is 1. The summed E-state index contributed by atoms with van der Waals surface area (Å²) in [7, 11) is 0. The van der Waals surface area contributed by atoms with Crippen LogP contribution in [0.3, 0.4) is 0 Å². The van der Waals surface area contributed by atoms with Crippen molar-refractivity contribution in [3.05, 3.63) is 59.7 Å². The summed E-state index contributed by atoms with van der Waals surface area (Å²) in [4.78, 5) is 35.8. The highest BCUT2D eigenvalue weighted by Crippen LogP contribution is 2.44. The molecule has 0 saturated heterocycles. The second-order valence-electron chi connectivity index (χ2n) is 9.36. The number of hydrogen-bond acceptors (Lipinski definition) is 4. The van der Waals surface area contributed by atoms with Crippen LogP contribution in [-0.2, 0) is 14.3 Å². The van der Waals surface area contributed by atoms with Gasteiger partial charge in [0.25, 0.3) is 0 Å². The summed E-state index contributed by atoms with van der Waals surface area (Å²) < 4.78 is 5.61. The summed E-state index contributed by atoms with van der Waals surface area (Å²) in [5.74, 6) is -1.27. The number of rotatable bonds is 7. The maximum atomic E-state index is 12.5. The maximum absolute atomic E-state index is 12.5. The van der Waals surface area contributed by atoms with Crippen LogP contribution in [0.5, 0.6) is 0 Å². The third-order valence-electron chi connectivity index (χ3n) is 7.25. The Labute approximate surface area is 192 Å². The molecule has 2 aromatic rings. The number of carboxylic acid groups (broad SMARTS) is 1. The van der Waals surface area contributed by atoms with Crippen molar-refractivity contribution in [1.29, 1.82) is 0 Å². The van der Waals surface area contributed by atoms with Crippen molar-refractivity contribution >= 4 is 18.0 Å². The van der Waals surface area contributed by atoms with Crippen LogP contribution in [0.25, 0.3) is 11.1 Å². The molecule has 7 nitrogen and oxygen atoms in total. The van der Waals surface area contributed by atoms with Crippen LogP contribution >= 0.6 is 0 Å². The third-order valence-corrected chi connectivity index (χ3v) is 7.25. The van der Waals surface area contributed by atoms with E-state index in [0.29, 0.717) is 25.8 Å². The Morgan fingerprint density at radius 1 is 0.939 bits per heavy atom. The van der Waals surface area contributed by atoms with Gasteiger partial charge < -0.3 is 20.5 Å². The van der Waals surface area contributed by atoms with Crippen LogP contribution in [-0.4, -0.2) is 42.3 Å². The normalized spacial score (nSPS) is 25.1. The molecule has 7 heteroatoms. The van der Waals surface area contributed by atoms with Gasteiger partial charge in [0.1, 0.15) is 6.61 Å². The molecule has 5 rings (SSSR count). The third kappa shape index (κ3) is 4.45. The Kier molecular flexibility index (Phi) is 5.79. The lowest BCUT2D eigenvalue weighted by atomic mass is 9.98. The summed E-state index contributed by atoms with van der Waals surface area (Å²) in [5, 5.41) is 14.8. The highest BCUT2D eigenvalue weighted by Gasteiger charge is 2.43. The molecular formula is C26H28N2O5. The lowest BCUT2D eigenvalue weighted by Gasteiger charge is -2.17. The minimum absolute atomic E-state index is 0.0160. The average Bonchev–Trinajstić information content (AvgIpc) is 3.35. The largest absolute Gasteiger partial charge is 0.481 e. The van der Waals surface area contributed by atoms with Gasteiger partial charge in [0.2, 0.25) is 5.91 Å². The second kappa shape index (κ2) is 8.89. The summed E-state index contributed by atoms with van der Waals surface area (Å²) in [5.41, 5.74) is 4.72. The van der Waals surface area contributed by atoms with Gasteiger partial charge in [0, 0.05) is 24.4 Å². The topological polar surface area (TPSA) is 105 Å². The van der Waals surface area contributed by atoms with E-state index >= 15 is 0 Å². The first-order valence-corrected chi connectivity index (χ1v) is 11.6. The van der Waals surface area contributed by atoms with E-state index < -0.39 is 12.1 Å². The van der Waals surface area contributed by atoms with Gasteiger partial charge in [-0.25, -0.2) is 4.79 Å². The van der Waals surface area contributed by atoms with Gasteiger partial charge in [-0.3, -0.25) is 9.59 Å². The Hall–Kier alpha value is -3.35. The van der Waals surface area contributed by atoms with E-state index in [9.17, 15) is 14.4 Å². The van der Waals surface area contributed by atoms with Crippen molar-refractivity contribution < 1.29 is 24.2 Å². The fourth-order valence-electron chi connectivity index (χ4n) is 5.31. The summed E-state index contributed by atoms with van der Waals surface area (Å²) in [6, 6.07) is 16.3. The molecule has 4 atom stereocenters. The number of benzene rings is 2. The molecule has 0 heterocycles. The molecule has 172 valence electrons. The Balaban J connectivity index is 1.09. The van der Waals surface area contributed by atoms with Crippen LogP contribution < -0.4 is 10.6 Å². The lowest BCUT2D eigenvalue weighted by Crippen LogP contribution is -2.36. The van der Waals surface area contributed by atoms with Gasteiger partial charge in [-0.1, -0.05) is 48.5 Å². The molecule has 0 aromatic heterocycles. The number of nitrogens with one attached hydrogen (secondary N) is 2. The maximum Gasteiger partial charge on any atom is 0.407 e. The smallest absolute Gasteiger partial charge is 0.407 e. The van der Waals surface area contributed by atoms with Crippen molar-refractivity contribution in [2.24, 2.45) is 17.8 Å². The molecule has 2 fully saturated rings. The first-order valence-electron chi connectivity index (χ1n) is 11.6. The second-order valence-corrected chi connectivity index (χ2v) is 9.36. The van der Waals surface area contributed by atoms with E-state index in [4.69, 9.17) is 9.84 Å². The molecule has 2 saturated carbocycles. The van der Waals surface area contributed by atoms with Gasteiger partial charge in [0.15, 0.2) is 0 Å². The summed E-state index contributed by atoms with van der Waals surface area (Å²) in [6.07, 6.45) is 2.18. The Morgan fingerprint density at radius 2 is 1.61 bits per heavy atom. The van der Waals surface area contributed by atoms with Crippen LogP contribution in [0.1, 0.15) is 42.7 Å². The molecule has 2 amide bonds. The highest BCUT2D eigenvalue weighted by molar-refractivity contribution is 5.80. The zero-order valence-electron chi connectivity index (χ0n) is 18.3. The summed E-state index contributed by atoms with van der Waals surface area (Å²) in [6.45, 7) is 0.680. The van der Waals surface area contributed by atoms with E-state index in [1.54, 1.807) is 0 Å². The van der Waals surface area contributed by atoms with Crippen LogP contribution in [0.2, 0.25) is 0 Å². The molecule has 3 aliphatic carbocycles. The Morgan fingerprint density at radius 3 is 2.24 bits per heavy atom. The number of carbonyl (C=O) groups is 3. The fraction of sp³-hybridized carbons (Fsp3) is 0.423. The van der Waals surface area contributed by atoms with Crippen molar-refractivity contribution in [3.8, 4) is 11.1 Å². The average molecular weight is 449 g/mol. The molecule has 3 N–H and O–H groups in total. The first kappa shape index (κ1) is 21.5. The molecule has 2 aromatic carbocycles. The molecule has 0 aliphatic heterocycles. The van der Waals surface area contributed by atoms with Gasteiger partial charge in [-0.2, -0.15) is 0 Å². The van der Waals surface area contributed by atoms with Gasteiger partial charge in [0.05, 0.1) is 5.92 Å². The quantitative estimate of drug-likeness (QED) is 0.601. The molecule has 0 bridgehead atoms. The molecule has 0 radical (unpaired) electrons. The van der Waals surface area contributed by atoms with Gasteiger partial charge in [-0.15, -0.1) is 0 Å². The van der Waals surface area contributed by atoms with E-state index in [0.717, 1.165) is 6.42 Å². The number of ether oxygens (including phenoxy) is 1. The minimum Gasteiger partial charge on any atom is -0.481 e. The van der Waals surface area contributed by atoms with Crippen molar-refractivity contribution in [1.82, 2.24) is 10.6 Å². The number of carbonyl (C=O) groups excluding carboxylic acids is 2. The van der Waals surface area contributed by atoms with E-state index in [2.05, 4.69) is 34.9 Å². The molecule has 3 aliphatic rings. The standard InChI is InChI=1S/C26H28N2O5/c29-24(27-13-16-12-22(16)25(30)31)15-9-10-17(11-15)28-26(32)33-14-23-20-7-3-1-5-18(20)19-6-2-4-8-21(19)23/h1-8,15-17,22-23H,9-14H2,(H,27,29)(H,28,32)(H,30,31)/t15-,16-,17+,22-/m0/s1. The lowest BCUT2D eigenvalue weighted by molar-refractivity contribution is -0.139. The Bertz CT molecular complexity index is 1040. The van der Waals surface area contributed by atoms with E-state index in [1.807, 2.05) is 24.3 Å². The molecule has 0 unspecified atom stereocenters. The van der Waals surface area contributed by atoms with Crippen molar-refractivity contribution in [2.75, 3.05) is 13.2 Å². The van der Waals surface area contributed by atoms with Gasteiger partial charge >= 0.3 is 12.1 Å². The van der Waals surface area contributed by atoms with Gasteiger partial charge in [-0.05, 0) is 53.9 Å². The SMILES string of the molecule is O=C(N[C@@H]1CC[C@H](C(=O)NC[C@@H]2C[C@@H]2C(=O)O)C1)OCC1c2ccccc2-c2ccccc21. The van der Waals surface area contributed by atoms with E-state index in [1.165, 1.54) is 22.3 Å². The number of fused-ring (bicyclic) bond motifs is 3. The number of aliphatic carboxylic acids is 1. The van der Waals surface area contributed by atoms with Crippen LogP contribution in [0.4, 0.5) is 4.79 Å². The zero-order chi connectivity index (χ0) is 22.9. The number of alkyl carbamates (subject to hydrolysis) is 1. The number of hydrogen-bond donors (Lipinski definition) is 3. The fourth-order valence-corrected chi connectivity index (χ4v) is 5.31. The highest BCUT2D eigenvalue weighted by atomic mass is 16.5. The summed E-state index contributed by atoms with van der Waals surface area (Å²) >= 11 is 0. The predicted molar refractivity (Wildman–Crippen MR) is 122 cm³/mol. The molecule has 33 heavy (non-hydrogen) atoms.